The van der Waals surface area contributed by atoms with E-state index in [9.17, 15) is 4.79 Å². The average Bonchev–Trinajstić information content (AvgIpc) is 2.87. The van der Waals surface area contributed by atoms with E-state index in [0.717, 1.165) is 5.56 Å². The maximum absolute atomic E-state index is 12.7. The zero-order valence-corrected chi connectivity index (χ0v) is 11.0. The number of hydrogen-bond donors (Lipinski definition) is 1. The third-order valence-corrected chi connectivity index (χ3v) is 3.38. The molecule has 21 heavy (non-hydrogen) atoms. The van der Waals surface area contributed by atoms with Gasteiger partial charge in [-0.15, -0.1) is 9.73 Å². The van der Waals surface area contributed by atoms with Crippen molar-refractivity contribution in [1.29, 1.82) is 0 Å². The van der Waals surface area contributed by atoms with E-state index in [1.54, 1.807) is 0 Å². The summed E-state index contributed by atoms with van der Waals surface area (Å²) in [6.07, 6.45) is 0. The van der Waals surface area contributed by atoms with Crippen LogP contribution in [0.2, 0.25) is 0 Å². The third-order valence-electron chi connectivity index (χ3n) is 3.38. The summed E-state index contributed by atoms with van der Waals surface area (Å²) in [5, 5.41) is 4.31. The molecule has 0 aliphatic rings. The predicted molar refractivity (Wildman–Crippen MR) is 80.1 cm³/mol. The maximum Gasteiger partial charge on any atom is 0.300 e. The van der Waals surface area contributed by atoms with Crippen molar-refractivity contribution in [3.8, 4) is 11.3 Å². The van der Waals surface area contributed by atoms with Crippen LogP contribution in [-0.2, 0) is 0 Å². The van der Waals surface area contributed by atoms with E-state index >= 15 is 0 Å². The molecule has 0 unspecified atom stereocenters. The molecule has 4 aromatic rings. The second-order valence-electron chi connectivity index (χ2n) is 4.68. The number of anilines is 1. The van der Waals surface area contributed by atoms with Gasteiger partial charge in [0, 0.05) is 5.56 Å². The molecule has 0 saturated carbocycles. The lowest BCUT2D eigenvalue weighted by molar-refractivity contribution is 0.729. The van der Waals surface area contributed by atoms with Crippen LogP contribution in [0.1, 0.15) is 0 Å². The third kappa shape index (κ3) is 1.62. The Bertz CT molecular complexity index is 1020. The van der Waals surface area contributed by atoms with Gasteiger partial charge in [-0.25, -0.2) is 4.98 Å². The van der Waals surface area contributed by atoms with E-state index < -0.39 is 0 Å². The van der Waals surface area contributed by atoms with Crippen molar-refractivity contribution < 1.29 is 0 Å². The van der Waals surface area contributed by atoms with Crippen molar-refractivity contribution >= 4 is 17.0 Å². The van der Waals surface area contributed by atoms with Crippen LogP contribution in [0.25, 0.3) is 22.3 Å². The van der Waals surface area contributed by atoms with Crippen molar-refractivity contribution in [2.75, 3.05) is 5.73 Å². The lowest BCUT2D eigenvalue weighted by Gasteiger charge is -2.03. The van der Waals surface area contributed by atoms with Crippen LogP contribution in [0.5, 0.6) is 0 Å². The highest BCUT2D eigenvalue weighted by atomic mass is 16.1. The molecule has 0 amide bonds. The van der Waals surface area contributed by atoms with Gasteiger partial charge in [0.2, 0.25) is 5.95 Å². The number of aromatic nitrogens is 4. The Labute approximate surface area is 119 Å². The van der Waals surface area contributed by atoms with Gasteiger partial charge >= 0.3 is 0 Å². The van der Waals surface area contributed by atoms with Crippen LogP contribution in [0.15, 0.2) is 59.4 Å². The number of benzene rings is 2. The van der Waals surface area contributed by atoms with Gasteiger partial charge in [-0.3, -0.25) is 4.79 Å². The number of nitrogens with zero attached hydrogens (tertiary/aromatic N) is 4. The molecular formula is C15H11N5O. The topological polar surface area (TPSA) is 77.7 Å². The van der Waals surface area contributed by atoms with Crippen molar-refractivity contribution in [2.45, 2.75) is 0 Å². The number of para-hydroxylation sites is 2. The second-order valence-corrected chi connectivity index (χ2v) is 4.68. The van der Waals surface area contributed by atoms with E-state index in [0.29, 0.717) is 16.7 Å². The van der Waals surface area contributed by atoms with Gasteiger partial charge in [0.1, 0.15) is 0 Å². The van der Waals surface area contributed by atoms with Gasteiger partial charge < -0.3 is 5.73 Å². The Hall–Kier alpha value is -3.15. The minimum Gasteiger partial charge on any atom is -0.367 e. The SMILES string of the molecule is Nc1nc2ccccc2n2c(=O)c(-c3ccccc3)nn12. The monoisotopic (exact) mass is 277 g/mol. The highest BCUT2D eigenvalue weighted by Crippen LogP contribution is 2.16. The number of rotatable bonds is 1. The summed E-state index contributed by atoms with van der Waals surface area (Å²) in [6, 6.07) is 16.6. The number of hydrogen-bond acceptors (Lipinski definition) is 4. The molecule has 4 rings (SSSR count). The van der Waals surface area contributed by atoms with Gasteiger partial charge in [-0.1, -0.05) is 42.5 Å². The molecule has 2 N–H and O–H groups in total. The summed E-state index contributed by atoms with van der Waals surface area (Å²) in [4.78, 5) is 17.0. The van der Waals surface area contributed by atoms with Gasteiger partial charge in [0.05, 0.1) is 11.0 Å². The molecule has 0 saturated heterocycles. The van der Waals surface area contributed by atoms with Gasteiger partial charge in [0.15, 0.2) is 5.69 Å². The molecule has 0 aliphatic carbocycles. The smallest absolute Gasteiger partial charge is 0.300 e. The molecule has 2 aromatic carbocycles. The van der Waals surface area contributed by atoms with E-state index in [4.69, 9.17) is 5.73 Å². The summed E-state index contributed by atoms with van der Waals surface area (Å²) >= 11 is 0. The zero-order valence-electron chi connectivity index (χ0n) is 11.0. The predicted octanol–water partition coefficient (Wildman–Crippen LogP) is 1.59. The largest absolute Gasteiger partial charge is 0.367 e. The van der Waals surface area contributed by atoms with E-state index in [1.165, 1.54) is 9.15 Å². The lowest BCUT2D eigenvalue weighted by atomic mass is 10.2. The van der Waals surface area contributed by atoms with Gasteiger partial charge in [-0.05, 0) is 12.1 Å². The maximum atomic E-state index is 12.7. The summed E-state index contributed by atoms with van der Waals surface area (Å²) in [7, 11) is 0. The van der Waals surface area contributed by atoms with Crippen molar-refractivity contribution in [3.63, 3.8) is 0 Å². The van der Waals surface area contributed by atoms with Gasteiger partial charge in [0.25, 0.3) is 5.56 Å². The van der Waals surface area contributed by atoms with Crippen LogP contribution in [-0.4, -0.2) is 19.2 Å². The Morgan fingerprint density at radius 1 is 0.952 bits per heavy atom. The number of nitrogens with two attached hydrogens (primary N) is 1. The Kier molecular flexibility index (Phi) is 2.32. The summed E-state index contributed by atoms with van der Waals surface area (Å²) < 4.78 is 2.78. The minimum atomic E-state index is -0.216. The second kappa shape index (κ2) is 4.17. The van der Waals surface area contributed by atoms with Crippen molar-refractivity contribution in [2.24, 2.45) is 0 Å². The Balaban J connectivity index is 2.19. The van der Waals surface area contributed by atoms with Crippen molar-refractivity contribution in [3.05, 3.63) is 65.0 Å². The molecule has 0 radical (unpaired) electrons. The first kappa shape index (κ1) is 11.7. The lowest BCUT2D eigenvalue weighted by Crippen LogP contribution is -2.17. The fraction of sp³-hybridized carbons (Fsp3) is 0. The molecule has 6 heteroatoms. The number of fused-ring (bicyclic) bond motifs is 3. The van der Waals surface area contributed by atoms with Crippen LogP contribution >= 0.6 is 0 Å². The molecule has 0 spiro atoms. The summed E-state index contributed by atoms with van der Waals surface area (Å²) in [5.41, 5.74) is 8.13. The van der Waals surface area contributed by atoms with E-state index in [-0.39, 0.29) is 11.5 Å². The molecule has 0 aliphatic heterocycles. The standard InChI is InChI=1S/C15H11N5O/c16-15-17-11-8-4-5-9-12(11)19-14(21)13(18-20(15)19)10-6-2-1-3-7-10/h1-9H,(H2,16,17). The quantitative estimate of drug-likeness (QED) is 0.573. The molecule has 0 atom stereocenters. The van der Waals surface area contributed by atoms with Crippen molar-refractivity contribution in [1.82, 2.24) is 19.2 Å². The Morgan fingerprint density at radius 2 is 1.67 bits per heavy atom. The molecule has 2 aromatic heterocycles. The molecular weight excluding hydrogens is 266 g/mol. The Morgan fingerprint density at radius 3 is 2.48 bits per heavy atom. The zero-order chi connectivity index (χ0) is 14.4. The highest BCUT2D eigenvalue weighted by molar-refractivity contribution is 5.75. The normalized spacial score (nSPS) is 11.2. The first-order chi connectivity index (χ1) is 10.3. The fourth-order valence-corrected chi connectivity index (χ4v) is 2.42. The molecule has 0 bridgehead atoms. The van der Waals surface area contributed by atoms with E-state index in [1.807, 2.05) is 54.6 Å². The molecule has 0 fully saturated rings. The molecule has 102 valence electrons. The van der Waals surface area contributed by atoms with Gasteiger partial charge in [-0.2, -0.15) is 4.52 Å². The van der Waals surface area contributed by atoms with Crippen LogP contribution < -0.4 is 11.3 Å². The summed E-state index contributed by atoms with van der Waals surface area (Å²) in [6.45, 7) is 0. The van der Waals surface area contributed by atoms with Crippen LogP contribution in [0.4, 0.5) is 5.95 Å². The highest BCUT2D eigenvalue weighted by Gasteiger charge is 2.15. The first-order valence-electron chi connectivity index (χ1n) is 6.47. The molecule has 6 nitrogen and oxygen atoms in total. The number of nitrogen functional groups attached to an aromatic ring is 1. The average molecular weight is 277 g/mol. The summed E-state index contributed by atoms with van der Waals surface area (Å²) in [5.74, 6) is 0.174. The first-order valence-corrected chi connectivity index (χ1v) is 6.47. The molecule has 2 heterocycles. The van der Waals surface area contributed by atoms with E-state index in [2.05, 4.69) is 10.1 Å². The fourth-order valence-electron chi connectivity index (χ4n) is 2.42. The van der Waals surface area contributed by atoms with Crippen LogP contribution in [0, 0.1) is 0 Å². The minimum absolute atomic E-state index is 0.174. The van der Waals surface area contributed by atoms with Crippen LogP contribution in [0.3, 0.4) is 0 Å².